The molecule has 0 radical (unpaired) electrons. The van der Waals surface area contributed by atoms with Crippen LogP contribution in [0.1, 0.15) is 30.4 Å². The molecule has 2 heterocycles. The van der Waals surface area contributed by atoms with Gasteiger partial charge in [0.1, 0.15) is 0 Å². The van der Waals surface area contributed by atoms with Gasteiger partial charge in [-0.25, -0.2) is 0 Å². The maximum Gasteiger partial charge on any atom is 0.238 e. The Hall–Kier alpha value is -1.43. The number of carbonyl (C=O) groups is 1. The zero-order chi connectivity index (χ0) is 17.2. The van der Waals surface area contributed by atoms with E-state index in [1.54, 1.807) is 7.11 Å². The predicted octanol–water partition coefficient (Wildman–Crippen LogP) is 2.51. The Morgan fingerprint density at radius 3 is 2.96 bits per heavy atom. The number of methoxy groups -OCH3 is 1. The molecule has 2 aliphatic rings. The second-order valence-corrected chi connectivity index (χ2v) is 7.09. The molecule has 2 atom stereocenters. The third-order valence-corrected chi connectivity index (χ3v) is 5.31. The van der Waals surface area contributed by atoms with Gasteiger partial charge >= 0.3 is 0 Å². The van der Waals surface area contributed by atoms with Gasteiger partial charge in [0.2, 0.25) is 5.91 Å². The van der Waals surface area contributed by atoms with Gasteiger partial charge in [-0.15, -0.1) is 0 Å². The van der Waals surface area contributed by atoms with Gasteiger partial charge in [-0.3, -0.25) is 9.69 Å². The molecule has 0 bridgehead atoms. The zero-order valence-corrected chi connectivity index (χ0v) is 14.9. The maximum atomic E-state index is 12.4. The molecule has 132 valence electrons. The highest BCUT2D eigenvalue weighted by Gasteiger charge is 2.46. The smallest absolute Gasteiger partial charge is 0.238 e. The van der Waals surface area contributed by atoms with E-state index in [4.69, 9.17) is 9.47 Å². The minimum absolute atomic E-state index is 0.0295. The summed E-state index contributed by atoms with van der Waals surface area (Å²) in [7, 11) is 1.74. The number of hydrogen-bond donors (Lipinski definition) is 1. The molecule has 0 aliphatic carbocycles. The summed E-state index contributed by atoms with van der Waals surface area (Å²) >= 11 is 0. The fourth-order valence-corrected chi connectivity index (χ4v) is 3.87. The summed E-state index contributed by atoms with van der Waals surface area (Å²) in [5.41, 5.74) is 3.00. The molecule has 1 spiro atoms. The standard InChI is InChI=1S/C19H28N2O3/c1-14-5-6-15(2)16(11-14)20-18(22)13-21-9-8-19(7-4-10-24-19)17(12-21)23-3/h5-6,11,17H,4,7-10,12-13H2,1-3H3,(H,20,22)/t17-,19+/m1/s1. The molecule has 3 rings (SSSR count). The number of benzene rings is 1. The molecule has 2 saturated heterocycles. The number of carbonyl (C=O) groups excluding carboxylic acids is 1. The lowest BCUT2D eigenvalue weighted by molar-refractivity contribution is -0.145. The number of aryl methyl sites for hydroxylation is 2. The van der Waals surface area contributed by atoms with Gasteiger partial charge in [0.05, 0.1) is 18.2 Å². The molecular weight excluding hydrogens is 304 g/mol. The third-order valence-electron chi connectivity index (χ3n) is 5.31. The summed E-state index contributed by atoms with van der Waals surface area (Å²) in [6, 6.07) is 6.11. The van der Waals surface area contributed by atoms with Crippen LogP contribution in [0.4, 0.5) is 5.69 Å². The number of nitrogens with zero attached hydrogens (tertiary/aromatic N) is 1. The van der Waals surface area contributed by atoms with E-state index in [0.717, 1.165) is 55.8 Å². The van der Waals surface area contributed by atoms with Crippen molar-refractivity contribution in [2.24, 2.45) is 0 Å². The minimum atomic E-state index is -0.130. The van der Waals surface area contributed by atoms with Crippen molar-refractivity contribution in [1.29, 1.82) is 0 Å². The summed E-state index contributed by atoms with van der Waals surface area (Å²) in [5.74, 6) is 0.0295. The predicted molar refractivity (Wildman–Crippen MR) is 94.3 cm³/mol. The quantitative estimate of drug-likeness (QED) is 0.920. The molecule has 2 aliphatic heterocycles. The van der Waals surface area contributed by atoms with E-state index in [-0.39, 0.29) is 17.6 Å². The minimum Gasteiger partial charge on any atom is -0.377 e. The van der Waals surface area contributed by atoms with E-state index in [1.807, 2.05) is 26.0 Å². The highest BCUT2D eigenvalue weighted by Crippen LogP contribution is 2.37. The average molecular weight is 332 g/mol. The van der Waals surface area contributed by atoms with Crippen molar-refractivity contribution in [2.45, 2.75) is 44.8 Å². The Balaban J connectivity index is 1.58. The van der Waals surface area contributed by atoms with E-state index < -0.39 is 0 Å². The van der Waals surface area contributed by atoms with Gasteiger partial charge in [0.15, 0.2) is 0 Å². The molecular formula is C19H28N2O3. The fourth-order valence-electron chi connectivity index (χ4n) is 3.87. The summed E-state index contributed by atoms with van der Waals surface area (Å²) in [6.45, 7) is 6.88. The molecule has 5 nitrogen and oxygen atoms in total. The molecule has 0 saturated carbocycles. The maximum absolute atomic E-state index is 12.4. The van der Waals surface area contributed by atoms with Crippen molar-refractivity contribution in [3.8, 4) is 0 Å². The lowest BCUT2D eigenvalue weighted by Crippen LogP contribution is -2.57. The number of nitrogens with one attached hydrogen (secondary N) is 1. The molecule has 0 unspecified atom stereocenters. The van der Waals surface area contributed by atoms with E-state index >= 15 is 0 Å². The van der Waals surface area contributed by atoms with Gasteiger partial charge < -0.3 is 14.8 Å². The second kappa shape index (κ2) is 7.21. The van der Waals surface area contributed by atoms with Gasteiger partial charge in [0.25, 0.3) is 0 Å². The Labute approximate surface area is 144 Å². The van der Waals surface area contributed by atoms with Crippen LogP contribution in [0.5, 0.6) is 0 Å². The topological polar surface area (TPSA) is 50.8 Å². The van der Waals surface area contributed by atoms with Crippen LogP contribution >= 0.6 is 0 Å². The molecule has 0 aromatic heterocycles. The largest absolute Gasteiger partial charge is 0.377 e. The van der Waals surface area contributed by atoms with Crippen molar-refractivity contribution in [3.05, 3.63) is 29.3 Å². The lowest BCUT2D eigenvalue weighted by Gasteiger charge is -2.44. The lowest BCUT2D eigenvalue weighted by atomic mass is 9.86. The monoisotopic (exact) mass is 332 g/mol. The SMILES string of the molecule is CO[C@@H]1CN(CC(=O)Nc2cc(C)ccc2C)CC[C@@]12CCCO2. The number of ether oxygens (including phenoxy) is 2. The zero-order valence-electron chi connectivity index (χ0n) is 14.9. The molecule has 24 heavy (non-hydrogen) atoms. The normalized spacial score (nSPS) is 27.5. The van der Waals surface area contributed by atoms with Crippen molar-refractivity contribution in [2.75, 3.05) is 38.7 Å². The van der Waals surface area contributed by atoms with Crippen molar-refractivity contribution in [1.82, 2.24) is 4.90 Å². The number of piperidine rings is 1. The molecule has 1 aromatic carbocycles. The molecule has 1 aromatic rings. The van der Waals surface area contributed by atoms with Crippen molar-refractivity contribution >= 4 is 11.6 Å². The van der Waals surface area contributed by atoms with Crippen LogP contribution in [-0.4, -0.2) is 55.9 Å². The van der Waals surface area contributed by atoms with Crippen LogP contribution in [0.2, 0.25) is 0 Å². The first-order valence-corrected chi connectivity index (χ1v) is 8.79. The van der Waals surface area contributed by atoms with Crippen LogP contribution in [0, 0.1) is 13.8 Å². The molecule has 1 N–H and O–H groups in total. The fraction of sp³-hybridized carbons (Fsp3) is 0.632. The number of amides is 1. The van der Waals surface area contributed by atoms with Crippen LogP contribution in [0.15, 0.2) is 18.2 Å². The molecule has 2 fully saturated rings. The first-order valence-electron chi connectivity index (χ1n) is 8.79. The van der Waals surface area contributed by atoms with Crippen molar-refractivity contribution < 1.29 is 14.3 Å². The van der Waals surface area contributed by atoms with Crippen LogP contribution in [0.25, 0.3) is 0 Å². The second-order valence-electron chi connectivity index (χ2n) is 7.09. The average Bonchev–Trinajstić information content (AvgIpc) is 3.02. The number of hydrogen-bond acceptors (Lipinski definition) is 4. The van der Waals surface area contributed by atoms with E-state index in [0.29, 0.717) is 6.54 Å². The van der Waals surface area contributed by atoms with Crippen LogP contribution < -0.4 is 5.32 Å². The third kappa shape index (κ3) is 3.63. The Kier molecular flexibility index (Phi) is 5.23. The van der Waals surface area contributed by atoms with E-state index in [9.17, 15) is 4.79 Å². The summed E-state index contributed by atoms with van der Waals surface area (Å²) < 4.78 is 11.7. The highest BCUT2D eigenvalue weighted by atomic mass is 16.5. The van der Waals surface area contributed by atoms with E-state index in [2.05, 4.69) is 16.3 Å². The van der Waals surface area contributed by atoms with Gasteiger partial charge in [-0.2, -0.15) is 0 Å². The first-order chi connectivity index (χ1) is 11.5. The highest BCUT2D eigenvalue weighted by molar-refractivity contribution is 5.93. The summed E-state index contributed by atoms with van der Waals surface area (Å²) in [5, 5.41) is 3.04. The first kappa shape index (κ1) is 17.4. The Morgan fingerprint density at radius 2 is 2.25 bits per heavy atom. The molecule has 5 heteroatoms. The number of rotatable bonds is 4. The van der Waals surface area contributed by atoms with Crippen LogP contribution in [0.3, 0.4) is 0 Å². The number of likely N-dealkylation sites (tertiary alicyclic amines) is 1. The van der Waals surface area contributed by atoms with Gasteiger partial charge in [-0.05, 0) is 50.3 Å². The Bertz CT molecular complexity index is 596. The Morgan fingerprint density at radius 1 is 1.42 bits per heavy atom. The van der Waals surface area contributed by atoms with E-state index in [1.165, 1.54) is 0 Å². The molecule has 1 amide bonds. The van der Waals surface area contributed by atoms with Gasteiger partial charge in [0, 0.05) is 32.5 Å². The summed E-state index contributed by atoms with van der Waals surface area (Å²) in [6.07, 6.45) is 3.14. The summed E-state index contributed by atoms with van der Waals surface area (Å²) in [4.78, 5) is 14.6. The number of anilines is 1. The van der Waals surface area contributed by atoms with Crippen LogP contribution in [-0.2, 0) is 14.3 Å². The van der Waals surface area contributed by atoms with Gasteiger partial charge in [-0.1, -0.05) is 12.1 Å². The van der Waals surface area contributed by atoms with Crippen molar-refractivity contribution in [3.63, 3.8) is 0 Å².